The number of morpholine rings is 2. The number of aliphatic carboxylic acids is 1. The van der Waals surface area contributed by atoms with Gasteiger partial charge in [-0.15, -0.1) is 0 Å². The third-order valence-electron chi connectivity index (χ3n) is 18.8. The molecule has 0 unspecified atom stereocenters. The number of nitrogens with one attached hydrogen (secondary N) is 1. The summed E-state index contributed by atoms with van der Waals surface area (Å²) in [5, 5.41) is 12.6. The molecule has 28 nitrogen and oxygen atoms in total. The number of esters is 6. The van der Waals surface area contributed by atoms with Gasteiger partial charge in [0.15, 0.2) is 18.3 Å². The first kappa shape index (κ1) is 96.4. The van der Waals surface area contributed by atoms with E-state index in [0.29, 0.717) is 57.5 Å². The molecule has 0 spiro atoms. The Bertz CT molecular complexity index is 3700. The summed E-state index contributed by atoms with van der Waals surface area (Å²) in [6.45, 7) is 30.5. The predicted octanol–water partition coefficient (Wildman–Crippen LogP) is 11.9. The van der Waals surface area contributed by atoms with Gasteiger partial charge in [-0.2, -0.15) is 0 Å². The second kappa shape index (κ2) is 48.4. The maximum Gasteiger partial charge on any atom is 0.410 e. The van der Waals surface area contributed by atoms with E-state index in [1.54, 1.807) is 62.4 Å². The number of carbonyl (C=O) groups is 10. The molecule has 1 radical (unpaired) electrons. The van der Waals surface area contributed by atoms with Gasteiger partial charge >= 0.3 is 54.0 Å². The third-order valence-corrected chi connectivity index (χ3v) is 19.0. The van der Waals surface area contributed by atoms with E-state index in [1.165, 1.54) is 49.7 Å². The monoisotopic (exact) mass is 1620 g/mol. The SMILES string of the molecule is CC(C)C[C@@H](C(=O)O[C@H](C)C(=O)OCc1ccccc1)N(C)C(=O)[C@@H](Cc1ccc(N2CCOCC2)cc1)OC(=O)[C@H](CC1CC1)N(C)C(=O)OC(C)(C)C.CN(C(=O)OC(C)(C)C)[C@@H](CC1CC1)C(=O)O[C@H](Cc1ccc(N2CCOCC2)cc1)C(=O)O.CN[C@@H](CC(C)C)C(=O)O[C@H](C)C(=O)OCc1ccccc1.C[B]P=O. The number of likely N-dealkylation sites (N-methyl/N-ethyl adjacent to an activating group) is 4. The van der Waals surface area contributed by atoms with Crippen LogP contribution in [0.2, 0.25) is 6.82 Å². The fourth-order valence-corrected chi connectivity index (χ4v) is 12.0. The van der Waals surface area contributed by atoms with Crippen LogP contribution in [0.5, 0.6) is 0 Å². The summed E-state index contributed by atoms with van der Waals surface area (Å²) in [6, 6.07) is 30.3. The van der Waals surface area contributed by atoms with Crippen LogP contribution in [-0.2, 0) is 116 Å². The molecule has 8 atom stereocenters. The first-order chi connectivity index (χ1) is 54.4. The highest BCUT2D eigenvalue weighted by atomic mass is 31.1. The summed E-state index contributed by atoms with van der Waals surface area (Å²) >= 11 is 0. The Morgan fingerprint density at radius 3 is 1.19 bits per heavy atom. The molecule has 2 aliphatic carbocycles. The van der Waals surface area contributed by atoms with E-state index >= 15 is 0 Å². The maximum absolute atomic E-state index is 14.5. The van der Waals surface area contributed by atoms with Gasteiger partial charge in [0.2, 0.25) is 13.1 Å². The lowest BCUT2D eigenvalue weighted by molar-refractivity contribution is -0.174. The molecule has 30 heteroatoms. The molecule has 4 aromatic rings. The Labute approximate surface area is 681 Å². The van der Waals surface area contributed by atoms with Gasteiger partial charge in [0, 0.05) is 71.5 Å². The summed E-state index contributed by atoms with van der Waals surface area (Å²) in [4.78, 5) is 138. The van der Waals surface area contributed by atoms with E-state index in [1.807, 2.05) is 137 Å². The molecule has 2 heterocycles. The number of rotatable bonds is 35. The van der Waals surface area contributed by atoms with Crippen LogP contribution in [0.4, 0.5) is 21.0 Å². The fraction of sp³-hybridized carbons (Fsp3) is 0.600. The maximum atomic E-state index is 14.5. The summed E-state index contributed by atoms with van der Waals surface area (Å²) in [5.41, 5.74) is 3.70. The molecule has 2 saturated heterocycles. The van der Waals surface area contributed by atoms with Gasteiger partial charge in [0.05, 0.1) is 34.8 Å². The quantitative estimate of drug-likeness (QED) is 0.0187. The average molecular weight is 1620 g/mol. The van der Waals surface area contributed by atoms with Crippen molar-refractivity contribution in [2.75, 3.05) is 90.6 Å². The van der Waals surface area contributed by atoms with Gasteiger partial charge in [-0.05, 0) is 158 Å². The molecular formula is C85H123BN6O22P. The fourth-order valence-electron chi connectivity index (χ4n) is 12.0. The summed E-state index contributed by atoms with van der Waals surface area (Å²) in [6.07, 6.45) is -0.672. The standard InChI is InChI=1S/C42H59N3O10.C25H36N2O7.C17H25NO4.CH3BOP/c1-28(2)24-34(39(48)53-29(3)38(47)52-27-32-12-10-9-11-13-32)43(7)37(46)36(26-31-16-18-33(19-17-31)45-20-22-51-23-21-45)54-40(49)35(25-30-14-15-30)44(8)41(50)55-42(4,5)6;1-25(2,3)34-24(31)26(4)20(15-17-5-6-17)23(30)33-21(22(28)29)16-18-7-9-19(10-8-18)27-11-13-32-14-12-27;1-12(2)10-15(18-4)17(20)22-13(3)16(19)21-11-14-8-6-5-7-9-14;1-2-4-3/h9-13,16-19,28-30,34-36H,14-15,20-27H2,1-8H3;7-10,17,20-21H,5-6,11-16H2,1-4H3,(H,28,29);5-9,12-13,15,18H,10-11H2,1-4H3;1H3/t29-,34+,35+,36-;20-,21+;13-,15+;/m101./s1. The minimum absolute atomic E-state index is 0.0102. The van der Waals surface area contributed by atoms with Crippen LogP contribution in [0, 0.1) is 23.7 Å². The first-order valence-electron chi connectivity index (χ1n) is 39.7. The minimum atomic E-state index is -1.35. The van der Waals surface area contributed by atoms with Gasteiger partial charge in [-0.1, -0.05) is 145 Å². The molecule has 2 aliphatic heterocycles. The Balaban J connectivity index is 0.000000332. The van der Waals surface area contributed by atoms with Crippen LogP contribution in [0.25, 0.3) is 0 Å². The van der Waals surface area contributed by atoms with Crippen molar-refractivity contribution in [2.45, 2.75) is 227 Å². The van der Waals surface area contributed by atoms with Crippen molar-refractivity contribution in [1.82, 2.24) is 20.0 Å². The van der Waals surface area contributed by atoms with Crippen molar-refractivity contribution in [3.05, 3.63) is 131 Å². The van der Waals surface area contributed by atoms with E-state index in [-0.39, 0.29) is 52.7 Å². The van der Waals surface area contributed by atoms with Crippen LogP contribution >= 0.6 is 8.34 Å². The molecule has 2 N–H and O–H groups in total. The molecular weight excluding hydrogens is 1500 g/mol. The molecule has 3 amide bonds. The third kappa shape index (κ3) is 35.9. The van der Waals surface area contributed by atoms with E-state index < -0.39 is 120 Å². The summed E-state index contributed by atoms with van der Waals surface area (Å²) < 4.78 is 63.8. The van der Waals surface area contributed by atoms with Crippen molar-refractivity contribution in [3.8, 4) is 0 Å². The van der Waals surface area contributed by atoms with E-state index in [4.69, 9.17) is 47.4 Å². The van der Waals surface area contributed by atoms with Gasteiger partial charge in [0.1, 0.15) is 48.6 Å². The van der Waals surface area contributed by atoms with Gasteiger partial charge in [0.25, 0.3) is 5.91 Å². The van der Waals surface area contributed by atoms with Crippen LogP contribution in [0.3, 0.4) is 0 Å². The van der Waals surface area contributed by atoms with Crippen LogP contribution < -0.4 is 15.1 Å². The van der Waals surface area contributed by atoms with Crippen LogP contribution in [0.1, 0.15) is 157 Å². The number of amides is 3. The Kier molecular flexibility index (Phi) is 40.6. The lowest BCUT2D eigenvalue weighted by atomic mass is 10.0. The highest BCUT2D eigenvalue weighted by Gasteiger charge is 2.43. The van der Waals surface area contributed by atoms with Crippen molar-refractivity contribution < 1.29 is 105 Å². The summed E-state index contributed by atoms with van der Waals surface area (Å²) in [5.74, 6) is -4.95. The number of hydrogen-bond donors (Lipinski definition) is 2. The second-order valence-corrected chi connectivity index (χ2v) is 32.7. The number of benzene rings is 4. The van der Waals surface area contributed by atoms with E-state index in [9.17, 15) is 57.6 Å². The van der Waals surface area contributed by atoms with Gasteiger partial charge in [-0.3, -0.25) is 24.0 Å². The van der Waals surface area contributed by atoms with Gasteiger partial charge in [-0.25, -0.2) is 38.4 Å². The predicted molar refractivity (Wildman–Crippen MR) is 435 cm³/mol. The van der Waals surface area contributed by atoms with Crippen molar-refractivity contribution in [3.63, 3.8) is 0 Å². The molecule has 4 aromatic carbocycles. The molecule has 4 aliphatic rings. The molecule has 115 heavy (non-hydrogen) atoms. The number of ether oxygens (including phenoxy) is 10. The number of nitrogens with zero attached hydrogens (tertiary/aromatic N) is 5. The van der Waals surface area contributed by atoms with E-state index in [2.05, 4.69) is 15.1 Å². The Morgan fingerprint density at radius 1 is 0.496 bits per heavy atom. The molecule has 633 valence electrons. The Morgan fingerprint density at radius 2 is 0.852 bits per heavy atom. The molecule has 8 rings (SSSR count). The van der Waals surface area contributed by atoms with Crippen LogP contribution in [0.15, 0.2) is 109 Å². The lowest BCUT2D eigenvalue weighted by Gasteiger charge is -2.33. The van der Waals surface area contributed by atoms with Crippen molar-refractivity contribution in [2.24, 2.45) is 23.7 Å². The van der Waals surface area contributed by atoms with Crippen molar-refractivity contribution >= 4 is 86.6 Å². The molecule has 0 aromatic heterocycles. The van der Waals surface area contributed by atoms with Crippen molar-refractivity contribution in [1.29, 1.82) is 0 Å². The second-order valence-electron chi connectivity index (χ2n) is 32.0. The van der Waals surface area contributed by atoms with Gasteiger partial charge < -0.3 is 72.5 Å². The minimum Gasteiger partial charge on any atom is -0.478 e. The lowest BCUT2D eigenvalue weighted by Crippen LogP contribution is -2.52. The van der Waals surface area contributed by atoms with E-state index in [0.717, 1.165) is 85.5 Å². The number of anilines is 2. The summed E-state index contributed by atoms with van der Waals surface area (Å²) in [7, 11) is 6.27. The molecule has 0 bridgehead atoms. The normalized spacial score (nSPS) is 16.1. The molecule has 2 saturated carbocycles. The smallest absolute Gasteiger partial charge is 0.410 e. The first-order valence-corrected chi connectivity index (χ1v) is 40.5. The molecule has 4 fully saturated rings. The topological polar surface area (TPSA) is 329 Å². The zero-order chi connectivity index (χ0) is 85.1. The average Bonchev–Trinajstić information content (AvgIpc) is 1.24. The highest BCUT2D eigenvalue weighted by molar-refractivity contribution is 7.60. The largest absolute Gasteiger partial charge is 0.478 e. The Hall–Kier alpha value is -9.18. The zero-order valence-electron chi connectivity index (χ0n) is 70.2. The van der Waals surface area contributed by atoms with Crippen LogP contribution in [-0.4, -0.2) is 227 Å². The highest BCUT2D eigenvalue weighted by Crippen LogP contribution is 2.37. The number of carboxylic acid groups (broad SMARTS) is 1. The number of carbonyl (C=O) groups excluding carboxylic acids is 9. The number of carboxylic acids is 1. The number of hydrogen-bond acceptors (Lipinski definition) is 24. The zero-order valence-corrected chi connectivity index (χ0v) is 71.1.